The van der Waals surface area contributed by atoms with Crippen LogP contribution in [0.15, 0.2) is 57.8 Å². The van der Waals surface area contributed by atoms with Crippen LogP contribution in [0.4, 0.5) is 0 Å². The molecule has 0 spiro atoms. The number of aromatic hydroxyl groups is 1. The number of rotatable bonds is 3. The second-order valence-corrected chi connectivity index (χ2v) is 5.83. The molecule has 0 bridgehead atoms. The van der Waals surface area contributed by atoms with Crippen LogP contribution in [-0.4, -0.2) is 19.7 Å². The second-order valence-electron chi connectivity index (χ2n) is 3.76. The molecular weight excluding hydrogens is 286 g/mol. The van der Waals surface area contributed by atoms with Crippen molar-refractivity contribution in [3.05, 3.63) is 59.1 Å². The van der Waals surface area contributed by atoms with Crippen LogP contribution in [-0.2, 0) is 10.0 Å². The smallest absolute Gasteiger partial charge is 0.282 e. The van der Waals surface area contributed by atoms with Crippen molar-refractivity contribution in [1.29, 1.82) is 0 Å². The molecule has 0 atom stereocenters. The Kier molecular flexibility index (Phi) is 3.87. The van der Waals surface area contributed by atoms with E-state index in [1.165, 1.54) is 42.6 Å². The number of benzene rings is 2. The summed E-state index contributed by atoms with van der Waals surface area (Å²) in [6.07, 6.45) is 1.18. The molecule has 0 saturated heterocycles. The summed E-state index contributed by atoms with van der Waals surface area (Å²) in [6.45, 7) is 0. The molecule has 0 aliphatic carbocycles. The number of phenolic OH excluding ortho intramolecular Hbond substituents is 1. The minimum atomic E-state index is -3.76. The van der Waals surface area contributed by atoms with Gasteiger partial charge in [-0.25, -0.2) is 0 Å². The fraction of sp³-hybridized carbons (Fsp3) is 0. The third-order valence-electron chi connectivity index (χ3n) is 2.32. The van der Waals surface area contributed by atoms with E-state index in [9.17, 15) is 13.5 Å². The van der Waals surface area contributed by atoms with Crippen LogP contribution in [0.1, 0.15) is 5.56 Å². The predicted octanol–water partition coefficient (Wildman–Crippen LogP) is 2.85. The van der Waals surface area contributed by atoms with Gasteiger partial charge < -0.3 is 5.11 Å². The first-order chi connectivity index (χ1) is 8.97. The summed E-state index contributed by atoms with van der Waals surface area (Å²) in [7, 11) is -3.76. The Morgan fingerprint density at radius 3 is 2.42 bits per heavy atom. The van der Waals surface area contributed by atoms with E-state index in [4.69, 9.17) is 11.6 Å². The minimum Gasteiger partial charge on any atom is -0.508 e. The molecule has 4 nitrogen and oxygen atoms in total. The Bertz CT molecular complexity index is 709. The molecule has 2 aromatic rings. The van der Waals surface area contributed by atoms with Crippen LogP contribution in [0.25, 0.3) is 0 Å². The molecule has 0 radical (unpaired) electrons. The Morgan fingerprint density at radius 2 is 1.79 bits per heavy atom. The number of halogens is 1. The van der Waals surface area contributed by atoms with E-state index >= 15 is 0 Å². The monoisotopic (exact) mass is 295 g/mol. The first kappa shape index (κ1) is 13.6. The van der Waals surface area contributed by atoms with Crippen molar-refractivity contribution in [2.75, 3.05) is 0 Å². The van der Waals surface area contributed by atoms with E-state index in [0.29, 0.717) is 10.6 Å². The highest BCUT2D eigenvalue weighted by Crippen LogP contribution is 2.16. The Hall–Kier alpha value is -1.85. The standard InChI is InChI=1S/C13H10ClNO3S/c14-11-4-6-13(7-5-11)19(17,18)15-9-10-2-1-3-12(16)8-10/h1-9,16H/b15-9+. The lowest BCUT2D eigenvalue weighted by molar-refractivity contribution is 0.475. The third-order valence-corrected chi connectivity index (χ3v) is 3.83. The average molecular weight is 296 g/mol. The van der Waals surface area contributed by atoms with Crippen molar-refractivity contribution in [3.8, 4) is 5.75 Å². The zero-order valence-electron chi connectivity index (χ0n) is 9.69. The van der Waals surface area contributed by atoms with Gasteiger partial charge in [0.05, 0.1) is 4.90 Å². The molecule has 0 aliphatic heterocycles. The largest absolute Gasteiger partial charge is 0.508 e. The van der Waals surface area contributed by atoms with Gasteiger partial charge in [-0.1, -0.05) is 23.7 Å². The molecular formula is C13H10ClNO3S. The lowest BCUT2D eigenvalue weighted by Gasteiger charge is -1.99. The number of phenols is 1. The molecule has 0 aliphatic rings. The summed E-state index contributed by atoms with van der Waals surface area (Å²) in [5.41, 5.74) is 0.498. The van der Waals surface area contributed by atoms with Gasteiger partial charge in [-0.15, -0.1) is 0 Å². The maximum absolute atomic E-state index is 11.9. The van der Waals surface area contributed by atoms with Crippen molar-refractivity contribution in [2.45, 2.75) is 4.90 Å². The van der Waals surface area contributed by atoms with E-state index in [0.717, 1.165) is 0 Å². The fourth-order valence-corrected chi connectivity index (χ4v) is 2.39. The number of hydrogen-bond donors (Lipinski definition) is 1. The second kappa shape index (κ2) is 5.42. The topological polar surface area (TPSA) is 66.7 Å². The van der Waals surface area contributed by atoms with E-state index in [1.54, 1.807) is 12.1 Å². The molecule has 98 valence electrons. The van der Waals surface area contributed by atoms with Gasteiger partial charge in [0, 0.05) is 11.2 Å². The molecule has 19 heavy (non-hydrogen) atoms. The van der Waals surface area contributed by atoms with Crippen molar-refractivity contribution in [2.24, 2.45) is 4.40 Å². The molecule has 6 heteroatoms. The van der Waals surface area contributed by atoms with Crippen LogP contribution in [0.3, 0.4) is 0 Å². The van der Waals surface area contributed by atoms with E-state index in [1.807, 2.05) is 0 Å². The van der Waals surface area contributed by atoms with Gasteiger partial charge >= 0.3 is 0 Å². The number of sulfonamides is 1. The van der Waals surface area contributed by atoms with Gasteiger partial charge in [-0.3, -0.25) is 0 Å². The summed E-state index contributed by atoms with van der Waals surface area (Å²) >= 11 is 5.69. The highest BCUT2D eigenvalue weighted by atomic mass is 35.5. The van der Waals surface area contributed by atoms with Gasteiger partial charge in [0.2, 0.25) is 0 Å². The maximum Gasteiger partial charge on any atom is 0.282 e. The Labute approximate surface area is 116 Å². The Balaban J connectivity index is 2.29. The number of nitrogens with zero attached hydrogens (tertiary/aromatic N) is 1. The summed E-state index contributed by atoms with van der Waals surface area (Å²) in [4.78, 5) is 0.0632. The van der Waals surface area contributed by atoms with Crippen molar-refractivity contribution < 1.29 is 13.5 Å². The van der Waals surface area contributed by atoms with Crippen molar-refractivity contribution in [3.63, 3.8) is 0 Å². The van der Waals surface area contributed by atoms with E-state index in [2.05, 4.69) is 4.40 Å². The van der Waals surface area contributed by atoms with Crippen LogP contribution in [0.5, 0.6) is 5.75 Å². The van der Waals surface area contributed by atoms with Crippen LogP contribution in [0, 0.1) is 0 Å². The van der Waals surface area contributed by atoms with Gasteiger partial charge in [-0.05, 0) is 42.0 Å². The first-order valence-corrected chi connectivity index (χ1v) is 7.14. The molecule has 0 amide bonds. The molecule has 0 saturated carbocycles. The molecule has 0 heterocycles. The van der Waals surface area contributed by atoms with E-state index in [-0.39, 0.29) is 10.6 Å². The van der Waals surface area contributed by atoms with Gasteiger partial charge in [0.1, 0.15) is 5.75 Å². The lowest BCUT2D eigenvalue weighted by Crippen LogP contribution is -1.97. The fourth-order valence-electron chi connectivity index (χ4n) is 1.40. The highest BCUT2D eigenvalue weighted by Gasteiger charge is 2.10. The summed E-state index contributed by atoms with van der Waals surface area (Å²) < 4.78 is 27.4. The average Bonchev–Trinajstić information content (AvgIpc) is 2.37. The molecule has 1 N–H and O–H groups in total. The Morgan fingerprint density at radius 1 is 1.11 bits per heavy atom. The van der Waals surface area contributed by atoms with Gasteiger partial charge in [0.15, 0.2) is 0 Å². The highest BCUT2D eigenvalue weighted by molar-refractivity contribution is 7.90. The van der Waals surface area contributed by atoms with Crippen LogP contribution >= 0.6 is 11.6 Å². The minimum absolute atomic E-state index is 0.0489. The molecule has 0 unspecified atom stereocenters. The SMILES string of the molecule is O=S(=O)(/N=C/c1cccc(O)c1)c1ccc(Cl)cc1. The number of hydrogen-bond acceptors (Lipinski definition) is 3. The zero-order valence-corrected chi connectivity index (χ0v) is 11.3. The summed E-state index contributed by atoms with van der Waals surface area (Å²) in [5.74, 6) is 0.0489. The lowest BCUT2D eigenvalue weighted by atomic mass is 10.2. The van der Waals surface area contributed by atoms with Crippen LogP contribution < -0.4 is 0 Å². The van der Waals surface area contributed by atoms with Crippen molar-refractivity contribution >= 4 is 27.8 Å². The summed E-state index contributed by atoms with van der Waals surface area (Å²) in [6, 6.07) is 11.9. The van der Waals surface area contributed by atoms with Gasteiger partial charge in [0.25, 0.3) is 10.0 Å². The van der Waals surface area contributed by atoms with Gasteiger partial charge in [-0.2, -0.15) is 12.8 Å². The zero-order chi connectivity index (χ0) is 13.9. The summed E-state index contributed by atoms with van der Waals surface area (Å²) in [5, 5.41) is 9.72. The third kappa shape index (κ3) is 3.56. The quantitative estimate of drug-likeness (QED) is 0.885. The molecule has 2 aromatic carbocycles. The van der Waals surface area contributed by atoms with Crippen molar-refractivity contribution in [1.82, 2.24) is 0 Å². The first-order valence-electron chi connectivity index (χ1n) is 5.32. The van der Waals surface area contributed by atoms with Crippen LogP contribution in [0.2, 0.25) is 5.02 Å². The predicted molar refractivity (Wildman–Crippen MR) is 74.3 cm³/mol. The molecule has 2 rings (SSSR count). The molecule has 0 aromatic heterocycles. The maximum atomic E-state index is 11.9. The molecule has 0 fully saturated rings. The normalized spacial score (nSPS) is 11.8. The van der Waals surface area contributed by atoms with E-state index < -0.39 is 10.0 Å².